The van der Waals surface area contributed by atoms with Gasteiger partial charge < -0.3 is 14.6 Å². The number of hydrogen-bond donors (Lipinski definition) is 1. The molecular formula is C13H15FN2O. The van der Waals surface area contributed by atoms with Crippen molar-refractivity contribution < 1.29 is 8.81 Å². The number of rotatable bonds is 1. The molecule has 0 amide bonds. The fraction of sp³-hybridized carbons (Fsp3) is 0.385. The van der Waals surface area contributed by atoms with Gasteiger partial charge in [-0.05, 0) is 25.1 Å². The summed E-state index contributed by atoms with van der Waals surface area (Å²) in [6.07, 6.45) is 1.54. The standard InChI is InChI=1S/C13H15FN2O/c1-9-8-16(6-5-15-9)12-3-2-11(14)10-4-7-17-13(10)12/h2-4,7,9,15H,5-6,8H2,1H3/t9-/m0/s1. The SMILES string of the molecule is C[C@H]1CN(c2ccc(F)c3ccoc23)CCN1. The topological polar surface area (TPSA) is 28.4 Å². The highest BCUT2D eigenvalue weighted by atomic mass is 19.1. The Labute approximate surface area is 99.2 Å². The Morgan fingerprint density at radius 2 is 2.29 bits per heavy atom. The second-order valence-electron chi connectivity index (χ2n) is 4.53. The summed E-state index contributed by atoms with van der Waals surface area (Å²) in [7, 11) is 0. The average Bonchev–Trinajstić information content (AvgIpc) is 2.79. The Bertz CT molecular complexity index is 537. The van der Waals surface area contributed by atoms with E-state index in [-0.39, 0.29) is 5.82 Å². The lowest BCUT2D eigenvalue weighted by Gasteiger charge is -2.33. The molecule has 1 aliphatic heterocycles. The molecule has 0 saturated carbocycles. The molecule has 1 fully saturated rings. The molecule has 0 radical (unpaired) electrons. The molecule has 0 bridgehead atoms. The number of hydrogen-bond acceptors (Lipinski definition) is 3. The van der Waals surface area contributed by atoms with E-state index in [4.69, 9.17) is 4.42 Å². The summed E-state index contributed by atoms with van der Waals surface area (Å²) in [6.45, 7) is 4.93. The minimum absolute atomic E-state index is 0.222. The maximum Gasteiger partial charge on any atom is 0.160 e. The quantitative estimate of drug-likeness (QED) is 0.821. The summed E-state index contributed by atoms with van der Waals surface area (Å²) >= 11 is 0. The Balaban J connectivity index is 2.05. The summed E-state index contributed by atoms with van der Waals surface area (Å²) in [5, 5.41) is 3.95. The number of halogens is 1. The van der Waals surface area contributed by atoms with Gasteiger partial charge in [0.2, 0.25) is 0 Å². The summed E-state index contributed by atoms with van der Waals surface area (Å²) in [4.78, 5) is 2.24. The van der Waals surface area contributed by atoms with Crippen molar-refractivity contribution in [3.05, 3.63) is 30.3 Å². The van der Waals surface area contributed by atoms with Crippen molar-refractivity contribution in [3.8, 4) is 0 Å². The van der Waals surface area contributed by atoms with Crippen molar-refractivity contribution in [2.45, 2.75) is 13.0 Å². The molecule has 3 nitrogen and oxygen atoms in total. The van der Waals surface area contributed by atoms with Crippen molar-refractivity contribution in [2.24, 2.45) is 0 Å². The molecule has 0 spiro atoms. The van der Waals surface area contributed by atoms with Crippen LogP contribution < -0.4 is 10.2 Å². The summed E-state index contributed by atoms with van der Waals surface area (Å²) in [5.41, 5.74) is 1.64. The third-order valence-corrected chi connectivity index (χ3v) is 3.25. The van der Waals surface area contributed by atoms with Gasteiger partial charge in [-0.25, -0.2) is 4.39 Å². The molecule has 2 aromatic rings. The molecule has 1 aliphatic rings. The second-order valence-corrected chi connectivity index (χ2v) is 4.53. The Morgan fingerprint density at radius 1 is 1.41 bits per heavy atom. The first-order valence-electron chi connectivity index (χ1n) is 5.90. The van der Waals surface area contributed by atoms with Crippen LogP contribution in [0.3, 0.4) is 0 Å². The number of nitrogens with one attached hydrogen (secondary N) is 1. The minimum Gasteiger partial charge on any atom is -0.462 e. The maximum atomic E-state index is 13.6. The van der Waals surface area contributed by atoms with Gasteiger partial charge in [0.25, 0.3) is 0 Å². The predicted octanol–water partition coefficient (Wildman–Crippen LogP) is 2.37. The Hall–Kier alpha value is -1.55. The van der Waals surface area contributed by atoms with Crippen LogP contribution in [-0.4, -0.2) is 25.7 Å². The van der Waals surface area contributed by atoms with Crippen molar-refractivity contribution in [1.29, 1.82) is 0 Å². The van der Waals surface area contributed by atoms with Gasteiger partial charge in [-0.2, -0.15) is 0 Å². The van der Waals surface area contributed by atoms with E-state index in [1.807, 2.05) is 0 Å². The maximum absolute atomic E-state index is 13.6. The van der Waals surface area contributed by atoms with Gasteiger partial charge in [0.1, 0.15) is 5.82 Å². The van der Waals surface area contributed by atoms with Gasteiger partial charge in [-0.15, -0.1) is 0 Å². The highest BCUT2D eigenvalue weighted by Gasteiger charge is 2.19. The zero-order valence-corrected chi connectivity index (χ0v) is 9.74. The van der Waals surface area contributed by atoms with Crippen molar-refractivity contribution in [1.82, 2.24) is 5.32 Å². The molecule has 4 heteroatoms. The molecule has 17 heavy (non-hydrogen) atoms. The van der Waals surface area contributed by atoms with Gasteiger partial charge in [0.15, 0.2) is 5.58 Å². The second kappa shape index (κ2) is 4.04. The van der Waals surface area contributed by atoms with Crippen LogP contribution >= 0.6 is 0 Å². The van der Waals surface area contributed by atoms with Crippen LogP contribution in [0.2, 0.25) is 0 Å². The van der Waals surface area contributed by atoms with Gasteiger partial charge in [-0.1, -0.05) is 0 Å². The van der Waals surface area contributed by atoms with E-state index in [0.717, 1.165) is 25.3 Å². The van der Waals surface area contributed by atoms with Gasteiger partial charge in [0.05, 0.1) is 17.3 Å². The molecule has 0 unspecified atom stereocenters. The van der Waals surface area contributed by atoms with Crippen LogP contribution in [0.5, 0.6) is 0 Å². The third-order valence-electron chi connectivity index (χ3n) is 3.25. The molecule has 90 valence electrons. The fourth-order valence-corrected chi connectivity index (χ4v) is 2.41. The molecule has 3 rings (SSSR count). The molecular weight excluding hydrogens is 219 g/mol. The van der Waals surface area contributed by atoms with E-state index in [1.54, 1.807) is 18.4 Å². The minimum atomic E-state index is -0.222. The van der Waals surface area contributed by atoms with E-state index in [0.29, 0.717) is 17.0 Å². The van der Waals surface area contributed by atoms with Crippen LogP contribution in [0.25, 0.3) is 11.0 Å². The largest absolute Gasteiger partial charge is 0.462 e. The van der Waals surface area contributed by atoms with E-state index in [9.17, 15) is 4.39 Å². The zero-order chi connectivity index (χ0) is 11.8. The zero-order valence-electron chi connectivity index (χ0n) is 9.74. The van der Waals surface area contributed by atoms with Gasteiger partial charge >= 0.3 is 0 Å². The van der Waals surface area contributed by atoms with Crippen LogP contribution in [-0.2, 0) is 0 Å². The molecule has 1 aromatic heterocycles. The van der Waals surface area contributed by atoms with Crippen molar-refractivity contribution >= 4 is 16.7 Å². The van der Waals surface area contributed by atoms with E-state index in [1.165, 1.54) is 6.07 Å². The average molecular weight is 234 g/mol. The lowest BCUT2D eigenvalue weighted by molar-refractivity contribution is 0.483. The normalized spacial score (nSPS) is 21.1. The number of fused-ring (bicyclic) bond motifs is 1. The monoisotopic (exact) mass is 234 g/mol. The van der Waals surface area contributed by atoms with E-state index >= 15 is 0 Å². The van der Waals surface area contributed by atoms with Crippen LogP contribution in [0, 0.1) is 5.82 Å². The van der Waals surface area contributed by atoms with Crippen LogP contribution in [0.15, 0.2) is 28.9 Å². The first kappa shape index (κ1) is 10.6. The van der Waals surface area contributed by atoms with Crippen LogP contribution in [0.4, 0.5) is 10.1 Å². The van der Waals surface area contributed by atoms with Crippen LogP contribution in [0.1, 0.15) is 6.92 Å². The molecule has 0 aliphatic carbocycles. The Morgan fingerprint density at radius 3 is 3.12 bits per heavy atom. The van der Waals surface area contributed by atoms with Crippen molar-refractivity contribution in [2.75, 3.05) is 24.5 Å². The smallest absolute Gasteiger partial charge is 0.160 e. The Kier molecular flexibility index (Phi) is 2.52. The summed E-state index contributed by atoms with van der Waals surface area (Å²) in [5.74, 6) is -0.222. The molecule has 2 heterocycles. The number of furan rings is 1. The van der Waals surface area contributed by atoms with Crippen molar-refractivity contribution in [3.63, 3.8) is 0 Å². The molecule has 1 saturated heterocycles. The molecule has 1 aromatic carbocycles. The third kappa shape index (κ3) is 1.78. The summed E-state index contributed by atoms with van der Waals surface area (Å²) in [6, 6.07) is 5.44. The highest BCUT2D eigenvalue weighted by Crippen LogP contribution is 2.30. The highest BCUT2D eigenvalue weighted by molar-refractivity contribution is 5.90. The number of benzene rings is 1. The first-order valence-corrected chi connectivity index (χ1v) is 5.90. The number of anilines is 1. The molecule has 1 atom stereocenters. The number of nitrogens with zero attached hydrogens (tertiary/aromatic N) is 1. The summed E-state index contributed by atoms with van der Waals surface area (Å²) < 4.78 is 19.0. The predicted molar refractivity (Wildman–Crippen MR) is 65.8 cm³/mol. The lowest BCUT2D eigenvalue weighted by atomic mass is 10.1. The number of piperazine rings is 1. The van der Waals surface area contributed by atoms with Gasteiger partial charge in [-0.3, -0.25) is 0 Å². The van der Waals surface area contributed by atoms with E-state index < -0.39 is 0 Å². The lowest BCUT2D eigenvalue weighted by Crippen LogP contribution is -2.49. The molecule has 1 N–H and O–H groups in total. The first-order chi connectivity index (χ1) is 8.25. The fourth-order valence-electron chi connectivity index (χ4n) is 2.41. The van der Waals surface area contributed by atoms with Gasteiger partial charge in [0, 0.05) is 25.7 Å². The van der Waals surface area contributed by atoms with E-state index in [2.05, 4.69) is 17.1 Å².